The van der Waals surface area contributed by atoms with Crippen molar-refractivity contribution in [1.82, 2.24) is 14.5 Å². The molecule has 4 nitrogen and oxygen atoms in total. The van der Waals surface area contributed by atoms with Crippen LogP contribution in [0.3, 0.4) is 0 Å². The molecular formula is C14H22N4. The van der Waals surface area contributed by atoms with Crippen molar-refractivity contribution >= 4 is 11.0 Å². The summed E-state index contributed by atoms with van der Waals surface area (Å²) in [7, 11) is 6.21. The van der Waals surface area contributed by atoms with Gasteiger partial charge in [0, 0.05) is 13.1 Å². The van der Waals surface area contributed by atoms with Gasteiger partial charge in [0.15, 0.2) is 0 Å². The monoisotopic (exact) mass is 246 g/mol. The van der Waals surface area contributed by atoms with Gasteiger partial charge in [0.05, 0.1) is 17.4 Å². The van der Waals surface area contributed by atoms with E-state index in [0.29, 0.717) is 18.5 Å². The van der Waals surface area contributed by atoms with Gasteiger partial charge in [0.25, 0.3) is 0 Å². The summed E-state index contributed by atoms with van der Waals surface area (Å²) in [4.78, 5) is 6.64. The first-order valence-electron chi connectivity index (χ1n) is 6.32. The lowest BCUT2D eigenvalue weighted by atomic mass is 9.93. The molecule has 2 rings (SSSR count). The number of aryl methyl sites for hydroxylation is 1. The molecule has 0 aliphatic carbocycles. The largest absolute Gasteiger partial charge is 0.334 e. The summed E-state index contributed by atoms with van der Waals surface area (Å²) in [6.07, 6.45) is 1.85. The van der Waals surface area contributed by atoms with Crippen molar-refractivity contribution < 1.29 is 0 Å². The van der Waals surface area contributed by atoms with Crippen molar-refractivity contribution in [1.29, 1.82) is 0 Å². The van der Waals surface area contributed by atoms with Gasteiger partial charge in [0.2, 0.25) is 0 Å². The third kappa shape index (κ3) is 2.26. The fraction of sp³-hybridized carbons (Fsp3) is 0.500. The van der Waals surface area contributed by atoms with Crippen LogP contribution < -0.4 is 5.73 Å². The maximum absolute atomic E-state index is 5.82. The van der Waals surface area contributed by atoms with E-state index in [0.717, 1.165) is 11.0 Å². The molecule has 0 aliphatic heterocycles. The highest BCUT2D eigenvalue weighted by Crippen LogP contribution is 2.28. The van der Waals surface area contributed by atoms with Gasteiger partial charge in [-0.05, 0) is 44.3 Å². The molecule has 18 heavy (non-hydrogen) atoms. The molecule has 0 saturated carbocycles. The summed E-state index contributed by atoms with van der Waals surface area (Å²) in [6, 6.07) is 6.83. The van der Waals surface area contributed by atoms with E-state index in [4.69, 9.17) is 5.73 Å². The molecule has 98 valence electrons. The Labute approximate surface area is 108 Å². The molecular weight excluding hydrogens is 224 g/mol. The first kappa shape index (κ1) is 13.1. The molecule has 0 fully saturated rings. The summed E-state index contributed by atoms with van der Waals surface area (Å²) in [5.74, 6) is 0.418. The average Bonchev–Trinajstić information content (AvgIpc) is 2.70. The molecule has 0 aliphatic rings. The zero-order valence-electron chi connectivity index (χ0n) is 11.6. The minimum absolute atomic E-state index is 0.335. The Hall–Kier alpha value is -1.39. The van der Waals surface area contributed by atoms with E-state index in [9.17, 15) is 0 Å². The van der Waals surface area contributed by atoms with Crippen LogP contribution >= 0.6 is 0 Å². The van der Waals surface area contributed by atoms with E-state index < -0.39 is 0 Å². The molecule has 2 aromatic rings. The van der Waals surface area contributed by atoms with Crippen LogP contribution in [0.1, 0.15) is 18.5 Å². The average molecular weight is 246 g/mol. The summed E-state index contributed by atoms with van der Waals surface area (Å²) < 4.78 is 2.04. The molecule has 1 aromatic carbocycles. The molecule has 0 bridgehead atoms. The van der Waals surface area contributed by atoms with Crippen LogP contribution in [0.5, 0.6) is 0 Å². The van der Waals surface area contributed by atoms with Crippen molar-refractivity contribution in [2.45, 2.75) is 13.0 Å². The predicted molar refractivity (Wildman–Crippen MR) is 75.4 cm³/mol. The van der Waals surface area contributed by atoms with Crippen molar-refractivity contribution in [2.75, 3.05) is 20.6 Å². The summed E-state index contributed by atoms with van der Waals surface area (Å²) in [5.41, 5.74) is 9.31. The fourth-order valence-corrected chi connectivity index (χ4v) is 2.60. The summed E-state index contributed by atoms with van der Waals surface area (Å²) >= 11 is 0. The second-order valence-electron chi connectivity index (χ2n) is 5.23. The van der Waals surface area contributed by atoms with Gasteiger partial charge >= 0.3 is 0 Å². The number of imidazole rings is 1. The number of hydrogen-bond donors (Lipinski definition) is 1. The Bertz CT molecular complexity index is 530. The lowest BCUT2D eigenvalue weighted by molar-refractivity contribution is 0.227. The topological polar surface area (TPSA) is 47.1 Å². The molecule has 1 heterocycles. The van der Waals surface area contributed by atoms with Gasteiger partial charge in [-0.3, -0.25) is 0 Å². The fourth-order valence-electron chi connectivity index (χ4n) is 2.60. The molecule has 0 amide bonds. The minimum atomic E-state index is 0.335. The van der Waals surface area contributed by atoms with Gasteiger partial charge in [-0.25, -0.2) is 4.98 Å². The summed E-state index contributed by atoms with van der Waals surface area (Å²) in [6.45, 7) is 2.87. The van der Waals surface area contributed by atoms with Crippen LogP contribution in [0.25, 0.3) is 11.0 Å². The first-order chi connectivity index (χ1) is 8.54. The normalized spacial score (nSPS) is 15.2. The lowest BCUT2D eigenvalue weighted by Crippen LogP contribution is -2.30. The van der Waals surface area contributed by atoms with Gasteiger partial charge in [-0.2, -0.15) is 0 Å². The SMILES string of the molecule is CC(CN)C(c1ccc2c(c1)ncn2C)N(C)C. The molecule has 2 unspecified atom stereocenters. The Morgan fingerprint density at radius 1 is 1.39 bits per heavy atom. The number of fused-ring (bicyclic) bond motifs is 1. The van der Waals surface area contributed by atoms with Crippen molar-refractivity contribution in [3.63, 3.8) is 0 Å². The third-order valence-corrected chi connectivity index (χ3v) is 3.56. The molecule has 0 spiro atoms. The van der Waals surface area contributed by atoms with Gasteiger partial charge in [-0.15, -0.1) is 0 Å². The van der Waals surface area contributed by atoms with Crippen molar-refractivity contribution in [3.8, 4) is 0 Å². The maximum Gasteiger partial charge on any atom is 0.0955 e. The molecule has 4 heteroatoms. The van der Waals surface area contributed by atoms with E-state index in [1.165, 1.54) is 5.56 Å². The van der Waals surface area contributed by atoms with E-state index in [2.05, 4.69) is 49.1 Å². The zero-order chi connectivity index (χ0) is 13.3. The highest BCUT2D eigenvalue weighted by atomic mass is 15.1. The molecule has 2 N–H and O–H groups in total. The zero-order valence-corrected chi connectivity index (χ0v) is 11.6. The minimum Gasteiger partial charge on any atom is -0.334 e. The standard InChI is InChI=1S/C14H22N4/c1-10(8-15)14(17(2)3)11-5-6-13-12(7-11)16-9-18(13)4/h5-7,9-10,14H,8,15H2,1-4H3. The van der Waals surface area contributed by atoms with Crippen molar-refractivity contribution in [2.24, 2.45) is 18.7 Å². The first-order valence-corrected chi connectivity index (χ1v) is 6.32. The summed E-state index contributed by atoms with van der Waals surface area (Å²) in [5, 5.41) is 0. The Morgan fingerprint density at radius 2 is 2.11 bits per heavy atom. The van der Waals surface area contributed by atoms with Crippen molar-refractivity contribution in [3.05, 3.63) is 30.1 Å². The Morgan fingerprint density at radius 3 is 2.72 bits per heavy atom. The quantitative estimate of drug-likeness (QED) is 0.894. The number of benzene rings is 1. The van der Waals surface area contributed by atoms with E-state index >= 15 is 0 Å². The Kier molecular flexibility index (Phi) is 3.68. The van der Waals surface area contributed by atoms with Crippen LogP contribution in [-0.2, 0) is 7.05 Å². The van der Waals surface area contributed by atoms with E-state index in [-0.39, 0.29) is 0 Å². The second kappa shape index (κ2) is 5.08. The predicted octanol–water partition coefficient (Wildman–Crippen LogP) is 1.77. The molecule has 0 radical (unpaired) electrons. The van der Waals surface area contributed by atoms with Gasteiger partial charge in [0.1, 0.15) is 0 Å². The number of nitrogens with zero attached hydrogens (tertiary/aromatic N) is 3. The number of nitrogens with two attached hydrogens (primary N) is 1. The molecule has 1 aromatic heterocycles. The molecule has 2 atom stereocenters. The lowest BCUT2D eigenvalue weighted by Gasteiger charge is -2.29. The van der Waals surface area contributed by atoms with Crippen LogP contribution in [0.4, 0.5) is 0 Å². The maximum atomic E-state index is 5.82. The second-order valence-corrected chi connectivity index (χ2v) is 5.23. The van der Waals surface area contributed by atoms with Crippen LogP contribution in [0.15, 0.2) is 24.5 Å². The molecule has 0 saturated heterocycles. The van der Waals surface area contributed by atoms with Crippen LogP contribution in [-0.4, -0.2) is 35.1 Å². The van der Waals surface area contributed by atoms with Gasteiger partial charge < -0.3 is 15.2 Å². The smallest absolute Gasteiger partial charge is 0.0955 e. The highest BCUT2D eigenvalue weighted by molar-refractivity contribution is 5.76. The highest BCUT2D eigenvalue weighted by Gasteiger charge is 2.21. The number of rotatable bonds is 4. The van der Waals surface area contributed by atoms with E-state index in [1.807, 2.05) is 17.9 Å². The van der Waals surface area contributed by atoms with Crippen LogP contribution in [0.2, 0.25) is 0 Å². The third-order valence-electron chi connectivity index (χ3n) is 3.56. The van der Waals surface area contributed by atoms with Gasteiger partial charge in [-0.1, -0.05) is 13.0 Å². The Balaban J connectivity index is 2.44. The number of hydrogen-bond acceptors (Lipinski definition) is 3. The van der Waals surface area contributed by atoms with E-state index in [1.54, 1.807) is 0 Å². The number of aromatic nitrogens is 2. The van der Waals surface area contributed by atoms with Crippen LogP contribution in [0, 0.1) is 5.92 Å².